The molecule has 0 spiro atoms. The first-order valence-corrected chi connectivity index (χ1v) is 6.68. The van der Waals surface area contributed by atoms with Crippen molar-refractivity contribution >= 4 is 5.69 Å². The Morgan fingerprint density at radius 2 is 2.12 bits per heavy atom. The Morgan fingerprint density at radius 3 is 2.94 bits per heavy atom. The summed E-state index contributed by atoms with van der Waals surface area (Å²) in [6, 6.07) is 7.68. The highest BCUT2D eigenvalue weighted by Gasteiger charge is 2.33. The first-order valence-electron chi connectivity index (χ1n) is 6.68. The quantitative estimate of drug-likeness (QED) is 0.694. The van der Waals surface area contributed by atoms with Crippen LogP contribution in [0.15, 0.2) is 18.2 Å². The van der Waals surface area contributed by atoms with Gasteiger partial charge in [-0.15, -0.1) is 0 Å². The summed E-state index contributed by atoms with van der Waals surface area (Å²) in [6.07, 6.45) is 5.18. The molecule has 0 N–H and O–H groups in total. The highest BCUT2D eigenvalue weighted by Crippen LogP contribution is 2.40. The van der Waals surface area contributed by atoms with Gasteiger partial charge in [0.05, 0.1) is 0 Å². The van der Waals surface area contributed by atoms with Gasteiger partial charge in [0.15, 0.2) is 0 Å². The molecular formula is C15H21N. The molecule has 0 radical (unpaired) electrons. The van der Waals surface area contributed by atoms with E-state index in [2.05, 4.69) is 36.9 Å². The van der Waals surface area contributed by atoms with Crippen molar-refractivity contribution in [3.63, 3.8) is 0 Å². The molecule has 2 aliphatic heterocycles. The van der Waals surface area contributed by atoms with E-state index in [1.54, 1.807) is 16.8 Å². The van der Waals surface area contributed by atoms with Crippen LogP contribution in [-0.4, -0.2) is 12.6 Å². The van der Waals surface area contributed by atoms with Crippen LogP contribution in [0.2, 0.25) is 0 Å². The third-order valence-corrected chi connectivity index (χ3v) is 4.35. The first kappa shape index (κ1) is 10.2. The van der Waals surface area contributed by atoms with E-state index >= 15 is 0 Å². The van der Waals surface area contributed by atoms with Gasteiger partial charge in [-0.25, -0.2) is 0 Å². The number of hydrogen-bond acceptors (Lipinski definition) is 1. The number of rotatable bonds is 1. The Kier molecular flexibility index (Phi) is 2.42. The van der Waals surface area contributed by atoms with Crippen LogP contribution in [0.3, 0.4) is 0 Å². The van der Waals surface area contributed by atoms with E-state index in [1.165, 1.54) is 32.2 Å². The fourth-order valence-corrected chi connectivity index (χ4v) is 3.68. The zero-order valence-electron chi connectivity index (χ0n) is 10.4. The van der Waals surface area contributed by atoms with E-state index in [0.717, 1.165) is 12.0 Å². The highest BCUT2D eigenvalue weighted by molar-refractivity contribution is 5.63. The first-order chi connectivity index (χ1) is 7.81. The third-order valence-electron chi connectivity index (χ3n) is 4.35. The molecule has 0 unspecified atom stereocenters. The summed E-state index contributed by atoms with van der Waals surface area (Å²) in [6.45, 7) is 6.02. The second kappa shape index (κ2) is 3.80. The SMILES string of the molecule is CC[C@H]1[C@H](C)Cc2cccc3c2N1CCC3. The fourth-order valence-electron chi connectivity index (χ4n) is 3.68. The van der Waals surface area contributed by atoms with Crippen LogP contribution in [0.1, 0.15) is 37.8 Å². The fraction of sp³-hybridized carbons (Fsp3) is 0.600. The minimum Gasteiger partial charge on any atom is -0.368 e. The molecule has 16 heavy (non-hydrogen) atoms. The Hall–Kier alpha value is -0.980. The number of para-hydroxylation sites is 1. The summed E-state index contributed by atoms with van der Waals surface area (Å²) in [4.78, 5) is 2.70. The van der Waals surface area contributed by atoms with Gasteiger partial charge in [0.1, 0.15) is 0 Å². The van der Waals surface area contributed by atoms with Gasteiger partial charge in [0.25, 0.3) is 0 Å². The lowest BCUT2D eigenvalue weighted by molar-refractivity contribution is 0.383. The molecule has 86 valence electrons. The number of nitrogens with zero attached hydrogens (tertiary/aromatic N) is 1. The molecular weight excluding hydrogens is 194 g/mol. The lowest BCUT2D eigenvalue weighted by Gasteiger charge is -2.45. The number of aryl methyl sites for hydroxylation is 1. The molecule has 2 aliphatic rings. The lowest BCUT2D eigenvalue weighted by Crippen LogP contribution is -2.46. The smallest absolute Gasteiger partial charge is 0.0434 e. The molecule has 3 rings (SSSR count). The molecule has 0 saturated carbocycles. The number of benzene rings is 1. The highest BCUT2D eigenvalue weighted by atomic mass is 15.2. The number of hydrogen-bond donors (Lipinski definition) is 0. The van der Waals surface area contributed by atoms with Gasteiger partial charge >= 0.3 is 0 Å². The lowest BCUT2D eigenvalue weighted by atomic mass is 9.82. The van der Waals surface area contributed by atoms with Gasteiger partial charge in [0.2, 0.25) is 0 Å². The maximum absolute atomic E-state index is 2.70. The average Bonchev–Trinajstić information content (AvgIpc) is 2.30. The van der Waals surface area contributed by atoms with Crippen molar-refractivity contribution in [3.8, 4) is 0 Å². The largest absolute Gasteiger partial charge is 0.368 e. The molecule has 0 fully saturated rings. The Labute approximate surface area is 98.5 Å². The third kappa shape index (κ3) is 1.37. The Bertz CT molecular complexity index is 396. The van der Waals surface area contributed by atoms with Gasteiger partial charge in [-0.3, -0.25) is 0 Å². The van der Waals surface area contributed by atoms with E-state index in [-0.39, 0.29) is 0 Å². The van der Waals surface area contributed by atoms with Gasteiger partial charge in [-0.2, -0.15) is 0 Å². The summed E-state index contributed by atoms with van der Waals surface area (Å²) in [7, 11) is 0. The molecule has 2 atom stereocenters. The molecule has 0 saturated heterocycles. The topological polar surface area (TPSA) is 3.24 Å². The molecule has 1 aromatic carbocycles. The van der Waals surface area contributed by atoms with Crippen LogP contribution in [0.4, 0.5) is 5.69 Å². The van der Waals surface area contributed by atoms with Gasteiger partial charge in [-0.05, 0) is 42.7 Å². The van der Waals surface area contributed by atoms with Crippen molar-refractivity contribution in [1.29, 1.82) is 0 Å². The Morgan fingerprint density at radius 1 is 1.31 bits per heavy atom. The van der Waals surface area contributed by atoms with Crippen LogP contribution in [-0.2, 0) is 12.8 Å². The second-order valence-corrected chi connectivity index (χ2v) is 5.38. The van der Waals surface area contributed by atoms with Crippen molar-refractivity contribution < 1.29 is 0 Å². The maximum Gasteiger partial charge on any atom is 0.0434 e. The van der Waals surface area contributed by atoms with Crippen molar-refractivity contribution in [2.75, 3.05) is 11.4 Å². The maximum atomic E-state index is 2.70. The molecule has 1 nitrogen and oxygen atoms in total. The van der Waals surface area contributed by atoms with E-state index in [4.69, 9.17) is 0 Å². The van der Waals surface area contributed by atoms with E-state index in [1.807, 2.05) is 0 Å². The minimum atomic E-state index is 0.772. The van der Waals surface area contributed by atoms with E-state index < -0.39 is 0 Å². The second-order valence-electron chi connectivity index (χ2n) is 5.38. The molecule has 0 bridgehead atoms. The van der Waals surface area contributed by atoms with Crippen LogP contribution >= 0.6 is 0 Å². The zero-order chi connectivity index (χ0) is 11.1. The molecule has 0 aromatic heterocycles. The average molecular weight is 215 g/mol. The molecule has 2 heterocycles. The van der Waals surface area contributed by atoms with Crippen LogP contribution in [0, 0.1) is 5.92 Å². The zero-order valence-corrected chi connectivity index (χ0v) is 10.4. The van der Waals surface area contributed by atoms with Crippen LogP contribution < -0.4 is 4.90 Å². The molecule has 1 aromatic rings. The predicted octanol–water partition coefficient (Wildman–Crippen LogP) is 3.41. The van der Waals surface area contributed by atoms with Crippen LogP contribution in [0.25, 0.3) is 0 Å². The number of anilines is 1. The monoisotopic (exact) mass is 215 g/mol. The van der Waals surface area contributed by atoms with Gasteiger partial charge in [0, 0.05) is 18.3 Å². The molecule has 1 heteroatoms. The van der Waals surface area contributed by atoms with Crippen molar-refractivity contribution in [1.82, 2.24) is 0 Å². The summed E-state index contributed by atoms with van der Waals surface area (Å²) in [5.74, 6) is 0.811. The summed E-state index contributed by atoms with van der Waals surface area (Å²) < 4.78 is 0. The summed E-state index contributed by atoms with van der Waals surface area (Å²) >= 11 is 0. The summed E-state index contributed by atoms with van der Waals surface area (Å²) in [5, 5.41) is 0. The van der Waals surface area contributed by atoms with Crippen LogP contribution in [0.5, 0.6) is 0 Å². The van der Waals surface area contributed by atoms with Crippen molar-refractivity contribution in [2.24, 2.45) is 5.92 Å². The van der Waals surface area contributed by atoms with Crippen molar-refractivity contribution in [2.45, 2.75) is 45.6 Å². The van der Waals surface area contributed by atoms with E-state index in [9.17, 15) is 0 Å². The van der Waals surface area contributed by atoms with Crippen molar-refractivity contribution in [3.05, 3.63) is 29.3 Å². The Balaban J connectivity index is 2.11. The minimum absolute atomic E-state index is 0.772. The normalized spacial score (nSPS) is 27.8. The predicted molar refractivity (Wildman–Crippen MR) is 69.1 cm³/mol. The standard InChI is InChI=1S/C15H21N/c1-3-14-11(2)10-13-7-4-6-12-8-5-9-16(14)15(12)13/h4,6-7,11,14H,3,5,8-10H2,1-2H3/t11-,14+/m1/s1. The van der Waals surface area contributed by atoms with E-state index in [0.29, 0.717) is 0 Å². The molecule has 0 amide bonds. The summed E-state index contributed by atoms with van der Waals surface area (Å²) in [5.41, 5.74) is 4.78. The molecule has 0 aliphatic carbocycles. The van der Waals surface area contributed by atoms with Gasteiger partial charge < -0.3 is 4.90 Å². The van der Waals surface area contributed by atoms with Gasteiger partial charge in [-0.1, -0.05) is 32.0 Å².